The first-order chi connectivity index (χ1) is 16.6. The van der Waals surface area contributed by atoms with Gasteiger partial charge in [0.1, 0.15) is 7.05 Å². The van der Waals surface area contributed by atoms with E-state index in [1.165, 1.54) is 97.8 Å². The standard InChI is InChI=1S/C31H28N3/c1-18-14-25-24-17-23(32-3)10-11-26(24)34-27-16-22(20-8-6-5-7-9-20)15-21-12-13-33(4)31(29(21)27)28(19(18)2)30(25)34/h10-17,20H,5-9H2,1-2,4H3/q+1. The summed E-state index contributed by atoms with van der Waals surface area (Å²) in [5, 5.41) is 6.45. The van der Waals surface area contributed by atoms with Crippen molar-refractivity contribution in [1.29, 1.82) is 0 Å². The summed E-state index contributed by atoms with van der Waals surface area (Å²) >= 11 is 0. The summed E-state index contributed by atoms with van der Waals surface area (Å²) in [6, 6.07) is 15.8. The summed E-state index contributed by atoms with van der Waals surface area (Å²) in [7, 11) is 2.18. The molecule has 34 heavy (non-hydrogen) atoms. The third-order valence-corrected chi connectivity index (χ3v) is 8.48. The Labute approximate surface area is 199 Å². The summed E-state index contributed by atoms with van der Waals surface area (Å²) in [6.45, 7) is 12.1. The third kappa shape index (κ3) is 2.49. The fourth-order valence-corrected chi connectivity index (χ4v) is 6.66. The molecule has 0 atom stereocenters. The van der Waals surface area contributed by atoms with E-state index < -0.39 is 0 Å². The molecule has 1 aliphatic rings. The van der Waals surface area contributed by atoms with Gasteiger partial charge in [0, 0.05) is 11.5 Å². The summed E-state index contributed by atoms with van der Waals surface area (Å²) < 4.78 is 4.81. The van der Waals surface area contributed by atoms with Gasteiger partial charge < -0.3 is 4.40 Å². The van der Waals surface area contributed by atoms with Crippen LogP contribution in [0.25, 0.3) is 53.8 Å². The van der Waals surface area contributed by atoms with E-state index in [-0.39, 0.29) is 0 Å². The molecule has 1 fully saturated rings. The molecule has 0 N–H and O–H groups in total. The van der Waals surface area contributed by atoms with Crippen molar-refractivity contribution in [2.75, 3.05) is 0 Å². The molecular weight excluding hydrogens is 414 g/mol. The topological polar surface area (TPSA) is 12.6 Å². The number of nitrogens with zero attached hydrogens (tertiary/aromatic N) is 3. The Morgan fingerprint density at radius 1 is 0.912 bits per heavy atom. The van der Waals surface area contributed by atoms with Gasteiger partial charge in [0.05, 0.1) is 33.9 Å². The normalized spacial score (nSPS) is 15.4. The van der Waals surface area contributed by atoms with Crippen LogP contribution < -0.4 is 4.57 Å². The molecule has 0 radical (unpaired) electrons. The number of hydrogen-bond acceptors (Lipinski definition) is 0. The van der Waals surface area contributed by atoms with Crippen molar-refractivity contribution in [2.45, 2.75) is 51.9 Å². The summed E-state index contributed by atoms with van der Waals surface area (Å²) in [6.07, 6.45) is 8.87. The maximum absolute atomic E-state index is 7.59. The average molecular weight is 443 g/mol. The number of aromatic nitrogens is 2. The van der Waals surface area contributed by atoms with Gasteiger partial charge in [-0.3, -0.25) is 0 Å². The zero-order valence-corrected chi connectivity index (χ0v) is 20.1. The van der Waals surface area contributed by atoms with E-state index in [2.05, 4.69) is 77.3 Å². The van der Waals surface area contributed by atoms with E-state index in [1.807, 2.05) is 6.07 Å². The number of pyridine rings is 2. The van der Waals surface area contributed by atoms with Gasteiger partial charge in [0.2, 0.25) is 5.52 Å². The number of aryl methyl sites for hydroxylation is 3. The van der Waals surface area contributed by atoms with Crippen molar-refractivity contribution >= 4 is 54.7 Å². The maximum atomic E-state index is 7.59. The number of rotatable bonds is 1. The SMILES string of the molecule is [C-]#[N+]c1ccc2c(c1)c1cc(C)c(C)c3c1n2c1cc(C2CCCCC2)cc2cc[n+](C)c3c21. The van der Waals surface area contributed by atoms with Crippen LogP contribution in [0.5, 0.6) is 0 Å². The Morgan fingerprint density at radius 2 is 1.74 bits per heavy atom. The summed E-state index contributed by atoms with van der Waals surface area (Å²) in [4.78, 5) is 3.74. The molecule has 166 valence electrons. The molecule has 0 spiro atoms. The zero-order valence-electron chi connectivity index (χ0n) is 20.1. The molecule has 3 heterocycles. The fraction of sp³-hybridized carbons (Fsp3) is 0.290. The first-order valence-electron chi connectivity index (χ1n) is 12.5. The summed E-state index contributed by atoms with van der Waals surface area (Å²) in [5.74, 6) is 0.652. The second kappa shape index (κ2) is 6.93. The number of fused-ring (bicyclic) bond motifs is 5. The molecule has 3 nitrogen and oxygen atoms in total. The maximum Gasteiger partial charge on any atom is 0.224 e. The number of hydrogen-bond donors (Lipinski definition) is 0. The van der Waals surface area contributed by atoms with E-state index in [4.69, 9.17) is 6.57 Å². The monoisotopic (exact) mass is 442 g/mol. The predicted molar refractivity (Wildman–Crippen MR) is 141 cm³/mol. The Kier molecular flexibility index (Phi) is 4.04. The first kappa shape index (κ1) is 19.8. The van der Waals surface area contributed by atoms with Gasteiger partial charge in [-0.15, -0.1) is 0 Å². The van der Waals surface area contributed by atoms with E-state index in [0.29, 0.717) is 11.6 Å². The smallest absolute Gasteiger partial charge is 0.224 e. The molecule has 6 aromatic rings. The third-order valence-electron chi connectivity index (χ3n) is 8.48. The van der Waals surface area contributed by atoms with Crippen molar-refractivity contribution in [3.63, 3.8) is 0 Å². The van der Waals surface area contributed by atoms with Gasteiger partial charge in [0.15, 0.2) is 11.9 Å². The van der Waals surface area contributed by atoms with Crippen LogP contribution in [0.2, 0.25) is 0 Å². The molecule has 0 unspecified atom stereocenters. The Morgan fingerprint density at radius 3 is 2.53 bits per heavy atom. The zero-order chi connectivity index (χ0) is 23.1. The molecule has 0 amide bonds. The van der Waals surface area contributed by atoms with Gasteiger partial charge in [-0.25, -0.2) is 9.41 Å². The Balaban J connectivity index is 1.78. The Bertz CT molecular complexity index is 1820. The Hall–Kier alpha value is -3.64. The molecule has 0 bridgehead atoms. The van der Waals surface area contributed by atoms with E-state index in [0.717, 1.165) is 0 Å². The average Bonchev–Trinajstić information content (AvgIpc) is 3.19. The minimum atomic E-state index is 0.652. The highest BCUT2D eigenvalue weighted by atomic mass is 15.0. The van der Waals surface area contributed by atoms with E-state index >= 15 is 0 Å². The van der Waals surface area contributed by atoms with Gasteiger partial charge in [-0.1, -0.05) is 31.4 Å². The first-order valence-corrected chi connectivity index (χ1v) is 12.5. The van der Waals surface area contributed by atoms with Crippen molar-refractivity contribution in [1.82, 2.24) is 4.40 Å². The highest BCUT2D eigenvalue weighted by Gasteiger charge is 2.26. The molecule has 7 rings (SSSR count). The highest BCUT2D eigenvalue weighted by molar-refractivity contribution is 6.26. The van der Waals surface area contributed by atoms with Crippen LogP contribution in [0.4, 0.5) is 5.69 Å². The van der Waals surface area contributed by atoms with Gasteiger partial charge in [-0.05, 0) is 84.3 Å². The van der Waals surface area contributed by atoms with Crippen LogP contribution in [-0.2, 0) is 7.05 Å². The van der Waals surface area contributed by atoms with E-state index in [1.54, 1.807) is 0 Å². The molecule has 3 aromatic carbocycles. The van der Waals surface area contributed by atoms with Crippen molar-refractivity contribution in [2.24, 2.45) is 7.05 Å². The lowest BCUT2D eigenvalue weighted by Gasteiger charge is -2.23. The largest absolute Gasteiger partial charge is 0.308 e. The molecule has 0 aliphatic heterocycles. The molecular formula is C31H28N3+. The fourth-order valence-electron chi connectivity index (χ4n) is 6.66. The quantitative estimate of drug-likeness (QED) is 0.106. The predicted octanol–water partition coefficient (Wildman–Crippen LogP) is 8.03. The van der Waals surface area contributed by atoms with E-state index in [9.17, 15) is 0 Å². The van der Waals surface area contributed by atoms with Crippen molar-refractivity contribution in [3.05, 3.63) is 76.8 Å². The van der Waals surface area contributed by atoms with Crippen LogP contribution in [0.3, 0.4) is 0 Å². The highest BCUT2D eigenvalue weighted by Crippen LogP contribution is 2.44. The van der Waals surface area contributed by atoms with Crippen molar-refractivity contribution in [3.8, 4) is 0 Å². The summed E-state index contributed by atoms with van der Waals surface area (Å²) in [5.41, 5.74) is 9.94. The molecule has 3 aromatic heterocycles. The van der Waals surface area contributed by atoms with Crippen LogP contribution in [0, 0.1) is 20.4 Å². The van der Waals surface area contributed by atoms with Gasteiger partial charge in [-0.2, -0.15) is 0 Å². The molecule has 0 saturated heterocycles. The van der Waals surface area contributed by atoms with Gasteiger partial charge in [0.25, 0.3) is 0 Å². The van der Waals surface area contributed by atoms with Crippen molar-refractivity contribution < 1.29 is 4.57 Å². The van der Waals surface area contributed by atoms with Crippen LogP contribution in [-0.4, -0.2) is 4.40 Å². The lowest BCUT2D eigenvalue weighted by molar-refractivity contribution is -0.643. The second-order valence-electron chi connectivity index (χ2n) is 10.4. The lowest BCUT2D eigenvalue weighted by atomic mass is 9.83. The number of benzene rings is 3. The van der Waals surface area contributed by atoms with Gasteiger partial charge >= 0.3 is 0 Å². The van der Waals surface area contributed by atoms with Crippen LogP contribution >= 0.6 is 0 Å². The minimum Gasteiger partial charge on any atom is -0.308 e. The molecule has 1 aliphatic carbocycles. The van der Waals surface area contributed by atoms with Crippen LogP contribution in [0.15, 0.2) is 48.7 Å². The minimum absolute atomic E-state index is 0.652. The lowest BCUT2D eigenvalue weighted by Crippen LogP contribution is -2.29. The molecule has 3 heteroatoms. The van der Waals surface area contributed by atoms with Crippen LogP contribution in [0.1, 0.15) is 54.7 Å². The molecule has 1 saturated carbocycles. The second-order valence-corrected chi connectivity index (χ2v) is 10.4.